The minimum Gasteiger partial charge on any atom is -0.0533 e. The lowest BCUT2D eigenvalue weighted by Gasteiger charge is -2.25. The fraction of sp³-hybridized carbons (Fsp3) is 0.909. The molecule has 2 rings (SSSR count). The second-order valence-electron chi connectivity index (χ2n) is 4.18. The number of hydrogen-bond acceptors (Lipinski definition) is 0. The third kappa shape index (κ3) is 2.21. The molecule has 11 heavy (non-hydrogen) atoms. The molecule has 0 amide bonds. The molecule has 2 radical (unpaired) electrons. The average Bonchev–Trinajstić information content (AvgIpc) is 2.12. The summed E-state index contributed by atoms with van der Waals surface area (Å²) >= 11 is 0. The van der Waals surface area contributed by atoms with Crippen molar-refractivity contribution in [3.05, 3.63) is 7.43 Å². The molecule has 0 aromatic rings. The van der Waals surface area contributed by atoms with Gasteiger partial charge < -0.3 is 0 Å². The maximum Gasteiger partial charge on any atom is -0.0412 e. The molecule has 0 heteroatoms. The highest BCUT2D eigenvalue weighted by atomic mass is 14.3. The molecule has 2 fully saturated rings. The Morgan fingerprint density at radius 1 is 0.636 bits per heavy atom. The molecule has 0 heterocycles. The Kier molecular flexibility index (Phi) is 3.42. The van der Waals surface area contributed by atoms with Gasteiger partial charge in [0.2, 0.25) is 0 Å². The quantitative estimate of drug-likeness (QED) is 0.496. The van der Waals surface area contributed by atoms with Crippen molar-refractivity contribution >= 4 is 0 Å². The van der Waals surface area contributed by atoms with E-state index in [0.29, 0.717) is 0 Å². The molecule has 2 aliphatic rings. The zero-order valence-electron chi connectivity index (χ0n) is 7.52. The molecular weight excluding hydrogens is 132 g/mol. The molecule has 0 N–H and O–H groups in total. The van der Waals surface area contributed by atoms with Gasteiger partial charge in [0.05, 0.1) is 0 Å². The third-order valence-corrected chi connectivity index (χ3v) is 3.37. The molecule has 0 aliphatic heterocycles. The van der Waals surface area contributed by atoms with E-state index in [1.54, 1.807) is 32.1 Å². The normalized spacial score (nSPS) is 37.1. The van der Waals surface area contributed by atoms with Crippen molar-refractivity contribution in [2.24, 2.45) is 11.8 Å². The molecule has 2 saturated carbocycles. The fourth-order valence-electron chi connectivity index (χ4n) is 2.79. The van der Waals surface area contributed by atoms with Crippen LogP contribution < -0.4 is 0 Å². The Balaban J connectivity index is 0.000000605. The number of rotatable bonds is 0. The summed E-state index contributed by atoms with van der Waals surface area (Å²) in [6.45, 7) is 0. The van der Waals surface area contributed by atoms with Gasteiger partial charge in [-0.3, -0.25) is 0 Å². The van der Waals surface area contributed by atoms with E-state index in [-0.39, 0.29) is 7.43 Å². The van der Waals surface area contributed by atoms with Crippen LogP contribution in [-0.4, -0.2) is 0 Å². The van der Waals surface area contributed by atoms with Crippen molar-refractivity contribution in [3.63, 3.8) is 0 Å². The first kappa shape index (κ1) is 9.09. The summed E-state index contributed by atoms with van der Waals surface area (Å²) in [7, 11) is 0. The molecule has 64 valence electrons. The van der Waals surface area contributed by atoms with Crippen molar-refractivity contribution in [1.82, 2.24) is 0 Å². The maximum absolute atomic E-state index is 1.58. The lowest BCUT2D eigenvalue weighted by atomic mass is 9.81. The second-order valence-corrected chi connectivity index (χ2v) is 4.18. The Hall–Kier alpha value is 0. The highest BCUT2D eigenvalue weighted by molar-refractivity contribution is 4.76. The molecule has 2 unspecified atom stereocenters. The summed E-state index contributed by atoms with van der Waals surface area (Å²) in [4.78, 5) is 0. The predicted molar refractivity (Wildman–Crippen MR) is 49.3 cm³/mol. The van der Waals surface area contributed by atoms with E-state index in [0.717, 1.165) is 11.8 Å². The van der Waals surface area contributed by atoms with Crippen molar-refractivity contribution < 1.29 is 0 Å². The highest BCUT2D eigenvalue weighted by Gasteiger charge is 2.23. The average molecular weight is 152 g/mol. The molecule has 0 aromatic carbocycles. The van der Waals surface area contributed by atoms with E-state index in [2.05, 4.69) is 0 Å². The third-order valence-electron chi connectivity index (χ3n) is 3.37. The smallest absolute Gasteiger partial charge is 0.0412 e. The zero-order valence-corrected chi connectivity index (χ0v) is 7.52. The van der Waals surface area contributed by atoms with Crippen LogP contribution in [0.25, 0.3) is 0 Å². The highest BCUT2D eigenvalue weighted by Crippen LogP contribution is 2.37. The van der Waals surface area contributed by atoms with Gasteiger partial charge >= 0.3 is 0 Å². The second kappa shape index (κ2) is 4.13. The minimum absolute atomic E-state index is 0. The molecule has 2 aliphatic carbocycles. The van der Waals surface area contributed by atoms with Crippen LogP contribution in [0.15, 0.2) is 0 Å². The van der Waals surface area contributed by atoms with Gasteiger partial charge in [0.15, 0.2) is 0 Å². The Bertz CT molecular complexity index is 94.6. The van der Waals surface area contributed by atoms with Gasteiger partial charge in [0.25, 0.3) is 0 Å². The minimum atomic E-state index is 0. The summed E-state index contributed by atoms with van der Waals surface area (Å²) in [6.07, 6.45) is 12.4. The van der Waals surface area contributed by atoms with Gasteiger partial charge in [-0.25, -0.2) is 0 Å². The SMILES string of the molecule is C1CCC2CCCC(C1)C2.[CH2]. The molecule has 0 saturated heterocycles. The van der Waals surface area contributed by atoms with E-state index >= 15 is 0 Å². The van der Waals surface area contributed by atoms with Gasteiger partial charge in [0.1, 0.15) is 0 Å². The van der Waals surface area contributed by atoms with Gasteiger partial charge in [-0.2, -0.15) is 0 Å². The Labute approximate surface area is 71.4 Å². The number of fused-ring (bicyclic) bond motifs is 2. The van der Waals surface area contributed by atoms with Gasteiger partial charge in [-0.15, -0.1) is 0 Å². The van der Waals surface area contributed by atoms with Crippen LogP contribution in [0, 0.1) is 19.3 Å². The lowest BCUT2D eigenvalue weighted by Crippen LogP contribution is -2.12. The Morgan fingerprint density at radius 2 is 1.09 bits per heavy atom. The van der Waals surface area contributed by atoms with Crippen LogP contribution in [0.3, 0.4) is 0 Å². The van der Waals surface area contributed by atoms with Crippen LogP contribution in [0.2, 0.25) is 0 Å². The summed E-state index contributed by atoms with van der Waals surface area (Å²) in [5, 5.41) is 0. The Morgan fingerprint density at radius 3 is 1.64 bits per heavy atom. The molecule has 0 nitrogen and oxygen atoms in total. The van der Waals surface area contributed by atoms with Gasteiger partial charge in [0, 0.05) is 0 Å². The van der Waals surface area contributed by atoms with E-state index in [4.69, 9.17) is 0 Å². The summed E-state index contributed by atoms with van der Waals surface area (Å²) < 4.78 is 0. The standard InChI is InChI=1S/C10H18.CH2/c1-2-5-10-7-3-6-9(4-1)8-10;/h9-10H,1-8H2;1H2. The van der Waals surface area contributed by atoms with E-state index in [1.807, 2.05) is 0 Å². The van der Waals surface area contributed by atoms with E-state index < -0.39 is 0 Å². The lowest BCUT2D eigenvalue weighted by molar-refractivity contribution is 0.271. The fourth-order valence-corrected chi connectivity index (χ4v) is 2.79. The molecule has 2 atom stereocenters. The largest absolute Gasteiger partial charge is 0.0533 e. The van der Waals surface area contributed by atoms with Crippen molar-refractivity contribution in [3.8, 4) is 0 Å². The molecule has 0 spiro atoms. The summed E-state index contributed by atoms with van der Waals surface area (Å²) in [5.74, 6) is 2.28. The van der Waals surface area contributed by atoms with Crippen molar-refractivity contribution in [2.75, 3.05) is 0 Å². The van der Waals surface area contributed by atoms with Crippen LogP contribution in [0.4, 0.5) is 0 Å². The monoisotopic (exact) mass is 152 g/mol. The zero-order chi connectivity index (χ0) is 6.81. The first-order chi connectivity index (χ1) is 4.95. The van der Waals surface area contributed by atoms with Crippen LogP contribution in [0.1, 0.15) is 51.4 Å². The number of hydrogen-bond donors (Lipinski definition) is 0. The summed E-state index contributed by atoms with van der Waals surface area (Å²) in [6, 6.07) is 0. The van der Waals surface area contributed by atoms with Crippen molar-refractivity contribution in [1.29, 1.82) is 0 Å². The van der Waals surface area contributed by atoms with Crippen molar-refractivity contribution in [2.45, 2.75) is 51.4 Å². The summed E-state index contributed by atoms with van der Waals surface area (Å²) in [5.41, 5.74) is 0. The molecule has 2 bridgehead atoms. The predicted octanol–water partition coefficient (Wildman–Crippen LogP) is 3.69. The molecular formula is C11H20. The topological polar surface area (TPSA) is 0 Å². The van der Waals surface area contributed by atoms with Crippen LogP contribution in [0.5, 0.6) is 0 Å². The maximum atomic E-state index is 1.58. The first-order valence-electron chi connectivity index (χ1n) is 4.95. The van der Waals surface area contributed by atoms with Gasteiger partial charge in [-0.05, 0) is 18.3 Å². The van der Waals surface area contributed by atoms with E-state index in [9.17, 15) is 0 Å². The van der Waals surface area contributed by atoms with E-state index in [1.165, 1.54) is 19.3 Å². The molecule has 0 aromatic heterocycles. The van der Waals surface area contributed by atoms with Gasteiger partial charge in [-0.1, -0.05) is 52.4 Å². The first-order valence-corrected chi connectivity index (χ1v) is 4.95. The van der Waals surface area contributed by atoms with Crippen LogP contribution >= 0.6 is 0 Å². The van der Waals surface area contributed by atoms with Crippen LogP contribution in [-0.2, 0) is 0 Å².